The van der Waals surface area contributed by atoms with Gasteiger partial charge in [0.1, 0.15) is 0 Å². The number of aromatic nitrogens is 1. The van der Waals surface area contributed by atoms with E-state index < -0.39 is 0 Å². The lowest BCUT2D eigenvalue weighted by atomic mass is 10.2. The number of carbonyl (C=O) groups excluding carboxylic acids is 1. The fourth-order valence-corrected chi connectivity index (χ4v) is 2.94. The molecular formula is C13H12N2OS. The number of carbonyl (C=O) groups is 1. The molecule has 1 aliphatic rings. The Hall–Kier alpha value is -1.68. The molecule has 0 radical (unpaired) electrons. The Morgan fingerprint density at radius 1 is 1.41 bits per heavy atom. The Labute approximate surface area is 104 Å². The fraction of sp³-hybridized carbons (Fsp3) is 0.231. The molecule has 0 aliphatic carbocycles. The van der Waals surface area contributed by atoms with E-state index in [0.29, 0.717) is 0 Å². The smallest absolute Gasteiger partial charge is 0.190 e. The molecule has 4 heteroatoms. The maximum Gasteiger partial charge on any atom is 0.190 e. The first kappa shape index (κ1) is 10.5. The van der Waals surface area contributed by atoms with Crippen molar-refractivity contribution in [1.82, 2.24) is 4.98 Å². The first-order valence-electron chi connectivity index (χ1n) is 5.58. The summed E-state index contributed by atoms with van der Waals surface area (Å²) in [5, 5.41) is 0.917. The van der Waals surface area contributed by atoms with Gasteiger partial charge in [-0.3, -0.25) is 4.79 Å². The molecule has 3 rings (SSSR count). The number of thiazole rings is 1. The third-order valence-electron chi connectivity index (χ3n) is 2.96. The lowest BCUT2D eigenvalue weighted by molar-refractivity contribution is 0.102. The van der Waals surface area contributed by atoms with Crippen molar-refractivity contribution in [3.8, 4) is 0 Å². The van der Waals surface area contributed by atoms with Gasteiger partial charge in [0.2, 0.25) is 0 Å². The molecule has 0 amide bonds. The van der Waals surface area contributed by atoms with Crippen LogP contribution in [0.1, 0.15) is 22.2 Å². The van der Waals surface area contributed by atoms with Gasteiger partial charge in [0.15, 0.2) is 10.9 Å². The maximum atomic E-state index is 11.3. The summed E-state index contributed by atoms with van der Waals surface area (Å²) in [6, 6.07) is 8.35. The maximum absolute atomic E-state index is 11.3. The number of rotatable bonds is 2. The fourth-order valence-electron chi connectivity index (χ4n) is 2.09. The first-order valence-corrected chi connectivity index (χ1v) is 6.39. The molecule has 0 spiro atoms. The number of Topliss-reactive ketones (excluding diaryl/α,β-unsaturated/α-hetero) is 1. The molecule has 2 heterocycles. The molecule has 1 aromatic carbocycles. The van der Waals surface area contributed by atoms with Gasteiger partial charge in [0, 0.05) is 19.2 Å². The van der Waals surface area contributed by atoms with Crippen LogP contribution in [-0.2, 0) is 6.42 Å². The second-order valence-corrected chi connectivity index (χ2v) is 5.10. The summed E-state index contributed by atoms with van der Waals surface area (Å²) in [4.78, 5) is 18.5. The molecule has 0 unspecified atom stereocenters. The SMILES string of the molecule is CC(=O)c1cnc(N2CCc3ccccc32)s1. The zero-order chi connectivity index (χ0) is 11.8. The molecule has 17 heavy (non-hydrogen) atoms. The topological polar surface area (TPSA) is 33.2 Å². The lowest BCUT2D eigenvalue weighted by Gasteiger charge is -2.15. The summed E-state index contributed by atoms with van der Waals surface area (Å²) in [6.45, 7) is 2.53. The van der Waals surface area contributed by atoms with Gasteiger partial charge in [0.25, 0.3) is 0 Å². The van der Waals surface area contributed by atoms with Gasteiger partial charge in [-0.25, -0.2) is 4.98 Å². The van der Waals surface area contributed by atoms with Gasteiger partial charge < -0.3 is 4.90 Å². The van der Waals surface area contributed by atoms with Crippen LogP contribution in [0.2, 0.25) is 0 Å². The van der Waals surface area contributed by atoms with Crippen molar-refractivity contribution in [2.45, 2.75) is 13.3 Å². The van der Waals surface area contributed by atoms with E-state index in [9.17, 15) is 4.79 Å². The standard InChI is InChI=1S/C13H12N2OS/c1-9(16)12-8-14-13(17-12)15-7-6-10-4-2-3-5-11(10)15/h2-5,8H,6-7H2,1H3. The second-order valence-electron chi connectivity index (χ2n) is 4.09. The Bertz CT molecular complexity index is 576. The highest BCUT2D eigenvalue weighted by Crippen LogP contribution is 2.36. The molecule has 3 nitrogen and oxygen atoms in total. The number of hydrogen-bond donors (Lipinski definition) is 0. The molecule has 1 aliphatic heterocycles. The van der Waals surface area contributed by atoms with Crippen molar-refractivity contribution in [1.29, 1.82) is 0 Å². The van der Waals surface area contributed by atoms with E-state index in [1.54, 1.807) is 13.1 Å². The number of hydrogen-bond acceptors (Lipinski definition) is 4. The molecule has 0 N–H and O–H groups in total. The molecule has 0 bridgehead atoms. The second kappa shape index (κ2) is 3.96. The van der Waals surface area contributed by atoms with E-state index in [-0.39, 0.29) is 5.78 Å². The molecular weight excluding hydrogens is 232 g/mol. The van der Waals surface area contributed by atoms with Crippen LogP contribution in [0.4, 0.5) is 10.8 Å². The highest BCUT2D eigenvalue weighted by Gasteiger charge is 2.22. The Morgan fingerprint density at radius 3 is 3.00 bits per heavy atom. The van der Waals surface area contributed by atoms with Gasteiger partial charge >= 0.3 is 0 Å². The summed E-state index contributed by atoms with van der Waals surface area (Å²) >= 11 is 1.47. The van der Waals surface area contributed by atoms with Crippen molar-refractivity contribution in [3.63, 3.8) is 0 Å². The molecule has 1 aromatic heterocycles. The molecule has 0 atom stereocenters. The van der Waals surface area contributed by atoms with E-state index in [0.717, 1.165) is 23.0 Å². The average molecular weight is 244 g/mol. The number of benzene rings is 1. The summed E-state index contributed by atoms with van der Waals surface area (Å²) in [5.41, 5.74) is 2.57. The van der Waals surface area contributed by atoms with Crippen LogP contribution >= 0.6 is 11.3 Å². The summed E-state index contributed by atoms with van der Waals surface area (Å²) in [6.07, 6.45) is 2.72. The molecule has 86 valence electrons. The Balaban J connectivity index is 1.98. The Kier molecular flexibility index (Phi) is 2.44. The van der Waals surface area contributed by atoms with Crippen LogP contribution in [0.3, 0.4) is 0 Å². The third-order valence-corrected chi connectivity index (χ3v) is 4.08. The molecule has 0 saturated carbocycles. The van der Waals surface area contributed by atoms with E-state index in [1.165, 1.54) is 22.6 Å². The zero-order valence-electron chi connectivity index (χ0n) is 9.51. The number of para-hydroxylation sites is 1. The lowest BCUT2D eigenvalue weighted by Crippen LogP contribution is -2.12. The van der Waals surface area contributed by atoms with E-state index in [2.05, 4.69) is 28.1 Å². The average Bonchev–Trinajstić information content (AvgIpc) is 2.95. The van der Waals surface area contributed by atoms with Crippen molar-refractivity contribution in [2.75, 3.05) is 11.4 Å². The highest BCUT2D eigenvalue weighted by atomic mass is 32.1. The van der Waals surface area contributed by atoms with Crippen LogP contribution in [0.15, 0.2) is 30.5 Å². The van der Waals surface area contributed by atoms with E-state index in [4.69, 9.17) is 0 Å². The minimum Gasteiger partial charge on any atom is -0.317 e. The quantitative estimate of drug-likeness (QED) is 0.761. The monoisotopic (exact) mass is 244 g/mol. The van der Waals surface area contributed by atoms with Crippen molar-refractivity contribution in [3.05, 3.63) is 40.9 Å². The third kappa shape index (κ3) is 1.74. The minimum absolute atomic E-state index is 0.0845. The van der Waals surface area contributed by atoms with E-state index >= 15 is 0 Å². The van der Waals surface area contributed by atoms with Crippen molar-refractivity contribution >= 4 is 27.9 Å². The summed E-state index contributed by atoms with van der Waals surface area (Å²) < 4.78 is 0. The van der Waals surface area contributed by atoms with Crippen LogP contribution < -0.4 is 4.90 Å². The first-order chi connectivity index (χ1) is 8.25. The molecule has 0 saturated heterocycles. The zero-order valence-corrected chi connectivity index (χ0v) is 10.3. The predicted molar refractivity (Wildman–Crippen MR) is 69.3 cm³/mol. The van der Waals surface area contributed by atoms with Gasteiger partial charge in [-0.05, 0) is 18.1 Å². The Morgan fingerprint density at radius 2 is 2.24 bits per heavy atom. The summed E-state index contributed by atoms with van der Waals surface area (Å²) in [7, 11) is 0. The number of fused-ring (bicyclic) bond motifs is 1. The van der Waals surface area contributed by atoms with Gasteiger partial charge in [-0.2, -0.15) is 0 Å². The molecule has 2 aromatic rings. The van der Waals surface area contributed by atoms with E-state index in [1.807, 2.05) is 6.07 Å². The number of anilines is 2. The normalized spacial score (nSPS) is 13.8. The highest BCUT2D eigenvalue weighted by molar-refractivity contribution is 7.17. The largest absolute Gasteiger partial charge is 0.317 e. The minimum atomic E-state index is 0.0845. The van der Waals surface area contributed by atoms with Crippen LogP contribution in [-0.4, -0.2) is 17.3 Å². The van der Waals surface area contributed by atoms with Crippen molar-refractivity contribution < 1.29 is 4.79 Å². The van der Waals surface area contributed by atoms with Crippen molar-refractivity contribution in [2.24, 2.45) is 0 Å². The number of ketones is 1. The van der Waals surface area contributed by atoms with Gasteiger partial charge in [-0.1, -0.05) is 29.5 Å². The van der Waals surface area contributed by atoms with Crippen LogP contribution in [0.5, 0.6) is 0 Å². The number of nitrogens with zero attached hydrogens (tertiary/aromatic N) is 2. The van der Waals surface area contributed by atoms with Crippen LogP contribution in [0.25, 0.3) is 0 Å². The molecule has 0 fully saturated rings. The summed E-state index contributed by atoms with van der Waals surface area (Å²) in [5.74, 6) is 0.0845. The van der Waals surface area contributed by atoms with Gasteiger partial charge in [0.05, 0.1) is 11.1 Å². The van der Waals surface area contributed by atoms with Crippen LogP contribution in [0, 0.1) is 0 Å². The predicted octanol–water partition coefficient (Wildman–Crippen LogP) is 3.04. The van der Waals surface area contributed by atoms with Gasteiger partial charge in [-0.15, -0.1) is 0 Å².